The number of rotatable bonds is 5. The van der Waals surface area contributed by atoms with Crippen molar-refractivity contribution in [2.45, 2.75) is 19.8 Å². The molecule has 0 saturated carbocycles. The molecule has 11 heavy (non-hydrogen) atoms. The predicted molar refractivity (Wildman–Crippen MR) is 49.9 cm³/mol. The molecule has 0 saturated heterocycles. The molecule has 0 heterocycles. The zero-order valence-corrected chi connectivity index (χ0v) is 8.97. The summed E-state index contributed by atoms with van der Waals surface area (Å²) < 4.78 is 23.0. The normalized spacial score (nSPS) is 12.4. The summed E-state index contributed by atoms with van der Waals surface area (Å²) in [4.78, 5) is 0. The molecular formula is C5H12ClNO2S2. The molecule has 0 aliphatic heterocycles. The van der Waals surface area contributed by atoms with Gasteiger partial charge in [-0.05, 0) is 17.1 Å². The van der Waals surface area contributed by atoms with Crippen molar-refractivity contribution in [1.29, 1.82) is 0 Å². The molecule has 0 atom stereocenters. The number of nitrogens with zero attached hydrogens (tertiary/aromatic N) is 1. The van der Waals surface area contributed by atoms with E-state index >= 15 is 0 Å². The van der Waals surface area contributed by atoms with E-state index in [1.165, 1.54) is 3.71 Å². The first-order chi connectivity index (χ1) is 5.02. The van der Waals surface area contributed by atoms with Crippen molar-refractivity contribution in [3.05, 3.63) is 0 Å². The van der Waals surface area contributed by atoms with E-state index in [1.807, 2.05) is 6.92 Å². The van der Waals surface area contributed by atoms with Crippen molar-refractivity contribution in [1.82, 2.24) is 3.71 Å². The highest BCUT2D eigenvalue weighted by atomic mass is 35.7. The van der Waals surface area contributed by atoms with Crippen molar-refractivity contribution in [3.8, 4) is 0 Å². The summed E-state index contributed by atoms with van der Waals surface area (Å²) in [6.07, 6.45) is 2.95. The van der Waals surface area contributed by atoms with E-state index < -0.39 is 10.0 Å². The number of halogens is 1. The minimum absolute atomic E-state index is 0.490. The van der Waals surface area contributed by atoms with Crippen LogP contribution in [-0.2, 0) is 10.0 Å². The van der Waals surface area contributed by atoms with E-state index in [4.69, 9.17) is 10.7 Å². The van der Waals surface area contributed by atoms with Crippen LogP contribution < -0.4 is 0 Å². The molecule has 0 aromatic carbocycles. The fraction of sp³-hybridized carbons (Fsp3) is 1.00. The molecule has 0 aliphatic rings. The Hall–Kier alpha value is 0.550. The van der Waals surface area contributed by atoms with Gasteiger partial charge in [-0.1, -0.05) is 13.3 Å². The molecule has 0 N–H and O–H groups in total. The maximum atomic E-state index is 10.9. The van der Waals surface area contributed by atoms with Crippen LogP contribution in [0.4, 0.5) is 0 Å². The molecule has 0 bridgehead atoms. The van der Waals surface area contributed by atoms with Crippen molar-refractivity contribution in [3.63, 3.8) is 0 Å². The number of hydrogen-bond donors (Lipinski definition) is 0. The Kier molecular flexibility index (Phi) is 5.50. The lowest BCUT2D eigenvalue weighted by Crippen LogP contribution is -2.22. The lowest BCUT2D eigenvalue weighted by Gasteiger charge is -2.13. The van der Waals surface area contributed by atoms with Gasteiger partial charge in [0.15, 0.2) is 0 Å². The maximum Gasteiger partial charge on any atom is 0.221 e. The lowest BCUT2D eigenvalue weighted by atomic mass is 10.3. The highest BCUT2D eigenvalue weighted by Crippen LogP contribution is 2.18. The number of hydrogen-bond acceptors (Lipinski definition) is 3. The smallest absolute Gasteiger partial charge is 0.212 e. The summed E-state index contributed by atoms with van der Waals surface area (Å²) in [5.41, 5.74) is 0. The Morgan fingerprint density at radius 2 is 2.09 bits per heavy atom. The van der Waals surface area contributed by atoms with Gasteiger partial charge in [-0.3, -0.25) is 0 Å². The standard InChI is InChI=1S/C5H12ClNO2S2/c1-3-4-5-7(10-6)11(2,8)9/h3-5H2,1-2H3. The van der Waals surface area contributed by atoms with E-state index in [-0.39, 0.29) is 0 Å². The molecule has 3 nitrogen and oxygen atoms in total. The fourth-order valence-electron chi connectivity index (χ4n) is 0.539. The van der Waals surface area contributed by atoms with Crippen molar-refractivity contribution < 1.29 is 8.42 Å². The van der Waals surface area contributed by atoms with Crippen LogP contribution >= 0.6 is 21.8 Å². The fourth-order valence-corrected chi connectivity index (χ4v) is 2.74. The Morgan fingerprint density at radius 3 is 2.36 bits per heavy atom. The van der Waals surface area contributed by atoms with Crippen LogP contribution in [0.5, 0.6) is 0 Å². The molecule has 0 spiro atoms. The molecular weight excluding hydrogens is 206 g/mol. The zero-order chi connectivity index (χ0) is 8.91. The van der Waals surface area contributed by atoms with Crippen LogP contribution in [0.3, 0.4) is 0 Å². The summed E-state index contributed by atoms with van der Waals surface area (Å²) in [6.45, 7) is 2.49. The van der Waals surface area contributed by atoms with E-state index in [0.717, 1.165) is 30.3 Å². The minimum Gasteiger partial charge on any atom is -0.212 e. The van der Waals surface area contributed by atoms with E-state index in [0.29, 0.717) is 6.54 Å². The monoisotopic (exact) mass is 217 g/mol. The third-order valence-electron chi connectivity index (χ3n) is 1.14. The van der Waals surface area contributed by atoms with E-state index in [1.54, 1.807) is 0 Å². The molecule has 0 rings (SSSR count). The second kappa shape index (κ2) is 5.24. The molecule has 0 aromatic heterocycles. The van der Waals surface area contributed by atoms with Crippen LogP contribution in [0.25, 0.3) is 0 Å². The van der Waals surface area contributed by atoms with Gasteiger partial charge in [0.05, 0.1) is 6.26 Å². The molecule has 0 aromatic rings. The highest BCUT2D eigenvalue weighted by Gasteiger charge is 2.14. The first-order valence-electron chi connectivity index (χ1n) is 3.28. The van der Waals surface area contributed by atoms with Gasteiger partial charge in [0.25, 0.3) is 0 Å². The zero-order valence-electron chi connectivity index (χ0n) is 6.58. The van der Waals surface area contributed by atoms with Gasteiger partial charge in [-0.25, -0.2) is 8.42 Å². The second-order valence-electron chi connectivity index (χ2n) is 2.21. The molecule has 6 heteroatoms. The van der Waals surface area contributed by atoms with Crippen molar-refractivity contribution in [2.75, 3.05) is 12.8 Å². The third kappa shape index (κ3) is 4.90. The quantitative estimate of drug-likeness (QED) is 0.660. The minimum atomic E-state index is -3.12. The highest BCUT2D eigenvalue weighted by molar-refractivity contribution is 8.24. The SMILES string of the molecule is CCCCN(SCl)S(C)(=O)=O. The Labute approximate surface area is 76.8 Å². The summed E-state index contributed by atoms with van der Waals surface area (Å²) in [7, 11) is 2.23. The van der Waals surface area contributed by atoms with E-state index in [9.17, 15) is 8.42 Å². The average Bonchev–Trinajstić information content (AvgIpc) is 1.87. The van der Waals surface area contributed by atoms with Crippen LogP contribution in [0.1, 0.15) is 19.8 Å². The summed E-state index contributed by atoms with van der Waals surface area (Å²) in [6, 6.07) is 0. The molecule has 0 fully saturated rings. The molecule has 68 valence electrons. The van der Waals surface area contributed by atoms with Gasteiger partial charge >= 0.3 is 0 Å². The number of unbranched alkanes of at least 4 members (excludes halogenated alkanes) is 1. The maximum absolute atomic E-state index is 10.9. The van der Waals surface area contributed by atoms with Crippen molar-refractivity contribution >= 4 is 31.9 Å². The predicted octanol–water partition coefficient (Wildman–Crippen LogP) is 1.85. The summed E-state index contributed by atoms with van der Waals surface area (Å²) >= 11 is 0.734. The summed E-state index contributed by atoms with van der Waals surface area (Å²) in [5, 5.41) is 0. The van der Waals surface area contributed by atoms with Crippen LogP contribution in [0.2, 0.25) is 0 Å². The van der Waals surface area contributed by atoms with Gasteiger partial charge < -0.3 is 0 Å². The second-order valence-corrected chi connectivity index (χ2v) is 5.34. The van der Waals surface area contributed by atoms with E-state index in [2.05, 4.69) is 0 Å². The molecule has 0 amide bonds. The van der Waals surface area contributed by atoms with Crippen LogP contribution in [-0.4, -0.2) is 24.9 Å². The first kappa shape index (κ1) is 11.6. The lowest BCUT2D eigenvalue weighted by molar-refractivity contribution is 0.540. The summed E-state index contributed by atoms with van der Waals surface area (Å²) in [5.74, 6) is 0. The third-order valence-corrected chi connectivity index (χ3v) is 4.18. The molecule has 0 radical (unpaired) electrons. The van der Waals surface area contributed by atoms with Crippen LogP contribution in [0, 0.1) is 0 Å². The Morgan fingerprint density at radius 1 is 1.55 bits per heavy atom. The van der Waals surface area contributed by atoms with Gasteiger partial charge in [0, 0.05) is 17.7 Å². The molecule has 0 aliphatic carbocycles. The number of sulfonamides is 1. The average molecular weight is 218 g/mol. The Balaban J connectivity index is 3.97. The van der Waals surface area contributed by atoms with Gasteiger partial charge in [0.1, 0.15) is 0 Å². The van der Waals surface area contributed by atoms with Gasteiger partial charge in [-0.2, -0.15) is 0 Å². The van der Waals surface area contributed by atoms with Crippen LogP contribution in [0.15, 0.2) is 0 Å². The van der Waals surface area contributed by atoms with Gasteiger partial charge in [-0.15, -0.1) is 3.71 Å². The largest absolute Gasteiger partial charge is 0.221 e. The van der Waals surface area contributed by atoms with Gasteiger partial charge in [0.2, 0.25) is 10.0 Å². The van der Waals surface area contributed by atoms with Crippen molar-refractivity contribution in [2.24, 2.45) is 0 Å². The topological polar surface area (TPSA) is 37.4 Å². The first-order valence-corrected chi connectivity index (χ1v) is 6.73. The molecule has 0 unspecified atom stereocenters. The Bertz CT molecular complexity index is 193.